The van der Waals surface area contributed by atoms with E-state index in [0.717, 1.165) is 10.5 Å². The molecule has 6 heteroatoms. The van der Waals surface area contributed by atoms with Gasteiger partial charge >= 0.3 is 5.97 Å². The number of nitriles is 1. The van der Waals surface area contributed by atoms with Crippen LogP contribution in [0.15, 0.2) is 35.2 Å². The smallest absolute Gasteiger partial charge is 0.331 e. The van der Waals surface area contributed by atoms with E-state index in [1.807, 2.05) is 36.6 Å². The molecule has 0 N–H and O–H groups in total. The maximum absolute atomic E-state index is 11.6. The Kier molecular flexibility index (Phi) is 7.79. The van der Waals surface area contributed by atoms with Crippen molar-refractivity contribution in [1.29, 1.82) is 5.26 Å². The highest BCUT2D eigenvalue weighted by atomic mass is 32.2. The molecule has 116 valence electrons. The fourth-order valence-electron chi connectivity index (χ4n) is 1.51. The molecule has 0 aliphatic carbocycles. The van der Waals surface area contributed by atoms with Gasteiger partial charge in [-0.05, 0) is 30.0 Å². The third-order valence-electron chi connectivity index (χ3n) is 2.85. The number of carbonyl (C=O) groups excluding carboxylic acids is 2. The van der Waals surface area contributed by atoms with Crippen molar-refractivity contribution >= 4 is 29.7 Å². The zero-order valence-electron chi connectivity index (χ0n) is 12.6. The van der Waals surface area contributed by atoms with Crippen LogP contribution in [0.3, 0.4) is 0 Å². The lowest BCUT2D eigenvalue weighted by atomic mass is 10.2. The van der Waals surface area contributed by atoms with E-state index in [1.165, 1.54) is 11.0 Å². The normalized spacial score (nSPS) is 10.2. The van der Waals surface area contributed by atoms with Crippen molar-refractivity contribution in [2.24, 2.45) is 0 Å². The molecule has 0 bridgehead atoms. The Morgan fingerprint density at radius 2 is 2.05 bits per heavy atom. The second-order valence-corrected chi connectivity index (χ2v) is 5.32. The number of nitrogens with zero attached hydrogens (tertiary/aromatic N) is 2. The van der Waals surface area contributed by atoms with Crippen LogP contribution in [0, 0.1) is 11.3 Å². The number of hydrogen-bond acceptors (Lipinski definition) is 5. The van der Waals surface area contributed by atoms with Crippen LogP contribution < -0.4 is 0 Å². The molecule has 0 radical (unpaired) electrons. The van der Waals surface area contributed by atoms with Gasteiger partial charge in [-0.3, -0.25) is 4.79 Å². The lowest BCUT2D eigenvalue weighted by Crippen LogP contribution is -2.31. The van der Waals surface area contributed by atoms with Gasteiger partial charge in [-0.2, -0.15) is 5.26 Å². The quantitative estimate of drug-likeness (QED) is 0.438. The fourth-order valence-corrected chi connectivity index (χ4v) is 1.92. The van der Waals surface area contributed by atoms with Crippen LogP contribution in [0.25, 0.3) is 6.08 Å². The number of likely N-dealkylation sites (N-methyl/N-ethyl adjacent to an activating group) is 1. The van der Waals surface area contributed by atoms with Crippen molar-refractivity contribution < 1.29 is 14.3 Å². The summed E-state index contributed by atoms with van der Waals surface area (Å²) in [5.41, 5.74) is 0.882. The highest BCUT2D eigenvalue weighted by Gasteiger charge is 2.10. The zero-order chi connectivity index (χ0) is 16.4. The molecule has 0 aromatic heterocycles. The third kappa shape index (κ3) is 6.46. The van der Waals surface area contributed by atoms with E-state index in [4.69, 9.17) is 10.00 Å². The van der Waals surface area contributed by atoms with Gasteiger partial charge in [0.25, 0.3) is 5.91 Å². The summed E-state index contributed by atoms with van der Waals surface area (Å²) in [6, 6.07) is 9.67. The zero-order valence-corrected chi connectivity index (χ0v) is 13.4. The Bertz CT molecular complexity index is 576. The summed E-state index contributed by atoms with van der Waals surface area (Å²) >= 11 is 1.64. The minimum atomic E-state index is -0.573. The van der Waals surface area contributed by atoms with Gasteiger partial charge in [-0.1, -0.05) is 12.1 Å². The largest absolute Gasteiger partial charge is 0.452 e. The van der Waals surface area contributed by atoms with Crippen LogP contribution in [0.1, 0.15) is 12.0 Å². The van der Waals surface area contributed by atoms with E-state index in [9.17, 15) is 9.59 Å². The molecule has 0 spiro atoms. The van der Waals surface area contributed by atoms with Crippen LogP contribution in [-0.2, 0) is 14.3 Å². The summed E-state index contributed by atoms with van der Waals surface area (Å²) in [5, 5.41) is 8.44. The number of esters is 1. The van der Waals surface area contributed by atoms with Gasteiger partial charge < -0.3 is 9.64 Å². The number of carbonyl (C=O) groups is 2. The molecule has 0 saturated heterocycles. The standard InChI is InChI=1S/C16H18N2O3S/c1-18(11-3-10-17)15(19)12-21-16(20)9-6-13-4-7-14(22-2)8-5-13/h4-9H,3,11-12H2,1-2H3/b9-6+. The Hall–Kier alpha value is -2.26. The van der Waals surface area contributed by atoms with Crippen molar-refractivity contribution in [3.63, 3.8) is 0 Å². The van der Waals surface area contributed by atoms with Gasteiger partial charge in [0.2, 0.25) is 0 Å². The minimum Gasteiger partial charge on any atom is -0.452 e. The molecule has 0 saturated carbocycles. The van der Waals surface area contributed by atoms with Crippen LogP contribution >= 0.6 is 11.8 Å². The number of amides is 1. The molecule has 0 aliphatic rings. The number of hydrogen-bond donors (Lipinski definition) is 0. The monoisotopic (exact) mass is 318 g/mol. The number of ether oxygens (including phenoxy) is 1. The van der Waals surface area contributed by atoms with Crippen molar-refractivity contribution in [2.75, 3.05) is 26.5 Å². The minimum absolute atomic E-state index is 0.252. The molecule has 5 nitrogen and oxygen atoms in total. The average Bonchev–Trinajstić information content (AvgIpc) is 2.55. The van der Waals surface area contributed by atoms with Crippen LogP contribution in [0.4, 0.5) is 0 Å². The first kappa shape index (κ1) is 17.8. The Morgan fingerprint density at radius 3 is 2.64 bits per heavy atom. The van der Waals surface area contributed by atoms with Crippen LogP contribution in [0.2, 0.25) is 0 Å². The fraction of sp³-hybridized carbons (Fsp3) is 0.312. The van der Waals surface area contributed by atoms with Gasteiger partial charge in [0.1, 0.15) is 0 Å². The molecular weight excluding hydrogens is 300 g/mol. The maximum Gasteiger partial charge on any atom is 0.331 e. The molecule has 1 rings (SSSR count). The summed E-state index contributed by atoms with van der Waals surface area (Å²) in [6.45, 7) is 0.00102. The lowest BCUT2D eigenvalue weighted by molar-refractivity contribution is -0.147. The number of rotatable bonds is 7. The van der Waals surface area contributed by atoms with Crippen LogP contribution in [0.5, 0.6) is 0 Å². The summed E-state index contributed by atoms with van der Waals surface area (Å²) in [6.07, 6.45) is 5.17. The molecule has 0 unspecified atom stereocenters. The summed E-state index contributed by atoms with van der Waals surface area (Å²) < 4.78 is 4.87. The van der Waals surface area contributed by atoms with E-state index in [1.54, 1.807) is 24.9 Å². The molecular formula is C16H18N2O3S. The van der Waals surface area contributed by atoms with Gasteiger partial charge in [0, 0.05) is 24.6 Å². The second-order valence-electron chi connectivity index (χ2n) is 4.44. The Labute approximate surface area is 134 Å². The molecule has 1 aromatic carbocycles. The summed E-state index contributed by atoms with van der Waals surface area (Å²) in [4.78, 5) is 25.7. The predicted molar refractivity (Wildman–Crippen MR) is 86.1 cm³/mol. The predicted octanol–water partition coefficient (Wildman–Crippen LogP) is 2.34. The molecule has 0 aliphatic heterocycles. The molecule has 1 aromatic rings. The van der Waals surface area contributed by atoms with E-state index in [2.05, 4.69) is 0 Å². The first-order chi connectivity index (χ1) is 10.6. The van der Waals surface area contributed by atoms with Crippen molar-refractivity contribution in [2.45, 2.75) is 11.3 Å². The Morgan fingerprint density at radius 1 is 1.36 bits per heavy atom. The number of benzene rings is 1. The third-order valence-corrected chi connectivity index (χ3v) is 3.59. The van der Waals surface area contributed by atoms with Crippen molar-refractivity contribution in [3.8, 4) is 6.07 Å². The van der Waals surface area contributed by atoms with Gasteiger partial charge in [0.05, 0.1) is 12.5 Å². The lowest BCUT2D eigenvalue weighted by Gasteiger charge is -2.14. The molecule has 0 heterocycles. The van der Waals surface area contributed by atoms with Gasteiger partial charge in [-0.25, -0.2) is 4.79 Å². The first-order valence-electron chi connectivity index (χ1n) is 6.66. The average molecular weight is 318 g/mol. The molecule has 1 amide bonds. The van der Waals surface area contributed by atoms with E-state index >= 15 is 0 Å². The number of thioether (sulfide) groups is 1. The Balaban J connectivity index is 2.40. The SMILES string of the molecule is CSc1ccc(/C=C/C(=O)OCC(=O)N(C)CCC#N)cc1. The highest BCUT2D eigenvalue weighted by molar-refractivity contribution is 7.98. The summed E-state index contributed by atoms with van der Waals surface area (Å²) in [5.74, 6) is -0.905. The topological polar surface area (TPSA) is 70.4 Å². The van der Waals surface area contributed by atoms with Crippen LogP contribution in [-0.4, -0.2) is 43.2 Å². The van der Waals surface area contributed by atoms with E-state index < -0.39 is 5.97 Å². The summed E-state index contributed by atoms with van der Waals surface area (Å²) in [7, 11) is 1.57. The van der Waals surface area contributed by atoms with Gasteiger partial charge in [-0.15, -0.1) is 11.8 Å². The van der Waals surface area contributed by atoms with E-state index in [0.29, 0.717) is 6.54 Å². The van der Waals surface area contributed by atoms with Crippen molar-refractivity contribution in [3.05, 3.63) is 35.9 Å². The van der Waals surface area contributed by atoms with Crippen molar-refractivity contribution in [1.82, 2.24) is 4.90 Å². The van der Waals surface area contributed by atoms with E-state index in [-0.39, 0.29) is 18.9 Å². The first-order valence-corrected chi connectivity index (χ1v) is 7.89. The molecule has 22 heavy (non-hydrogen) atoms. The molecule has 0 fully saturated rings. The van der Waals surface area contributed by atoms with Gasteiger partial charge in [0.15, 0.2) is 6.61 Å². The highest BCUT2D eigenvalue weighted by Crippen LogP contribution is 2.15. The maximum atomic E-state index is 11.6. The molecule has 0 atom stereocenters. The second kappa shape index (κ2) is 9.64.